The van der Waals surface area contributed by atoms with Crippen LogP contribution in [0.15, 0.2) is 24.3 Å². The van der Waals surface area contributed by atoms with Crippen molar-refractivity contribution in [3.05, 3.63) is 29.8 Å². The van der Waals surface area contributed by atoms with Gasteiger partial charge in [-0.25, -0.2) is 0 Å². The van der Waals surface area contributed by atoms with E-state index in [2.05, 4.69) is 5.32 Å². The van der Waals surface area contributed by atoms with E-state index in [1.54, 1.807) is 7.11 Å². The van der Waals surface area contributed by atoms with Crippen molar-refractivity contribution in [1.29, 1.82) is 0 Å². The van der Waals surface area contributed by atoms with Crippen molar-refractivity contribution in [2.75, 3.05) is 13.7 Å². The summed E-state index contributed by atoms with van der Waals surface area (Å²) >= 11 is 0. The summed E-state index contributed by atoms with van der Waals surface area (Å²) in [7, 11) is 1.64. The number of rotatable bonds is 6. The van der Waals surface area contributed by atoms with Gasteiger partial charge in [0.15, 0.2) is 0 Å². The first-order valence-electron chi connectivity index (χ1n) is 7.22. The van der Waals surface area contributed by atoms with Crippen LogP contribution < -0.4 is 15.8 Å². The maximum Gasteiger partial charge on any atom is 0.221 e. The third kappa shape index (κ3) is 3.12. The molecule has 0 aromatic heterocycles. The number of carbonyl (C=O) groups is 1. The number of hydrogen-bond acceptors (Lipinski definition) is 3. The third-order valence-corrected chi connectivity index (χ3v) is 4.37. The van der Waals surface area contributed by atoms with Gasteiger partial charge in [0.05, 0.1) is 13.2 Å². The average molecular weight is 276 g/mol. The fraction of sp³-hybridized carbons (Fsp3) is 0.562. The van der Waals surface area contributed by atoms with E-state index in [9.17, 15) is 4.79 Å². The van der Waals surface area contributed by atoms with Crippen LogP contribution in [0.2, 0.25) is 0 Å². The lowest BCUT2D eigenvalue weighted by atomic mass is 9.66. The van der Waals surface area contributed by atoms with Gasteiger partial charge < -0.3 is 15.8 Å². The van der Waals surface area contributed by atoms with E-state index in [-0.39, 0.29) is 17.4 Å². The van der Waals surface area contributed by atoms with Crippen molar-refractivity contribution < 1.29 is 9.53 Å². The molecule has 20 heavy (non-hydrogen) atoms. The van der Waals surface area contributed by atoms with Gasteiger partial charge in [0.25, 0.3) is 0 Å². The van der Waals surface area contributed by atoms with Gasteiger partial charge in [0.2, 0.25) is 5.91 Å². The van der Waals surface area contributed by atoms with E-state index in [0.717, 1.165) is 24.2 Å². The van der Waals surface area contributed by atoms with Crippen molar-refractivity contribution in [2.24, 2.45) is 11.1 Å². The highest BCUT2D eigenvalue weighted by molar-refractivity contribution is 5.77. The zero-order chi connectivity index (χ0) is 14.6. The minimum absolute atomic E-state index is 0.0462. The first-order valence-corrected chi connectivity index (χ1v) is 7.22. The first kappa shape index (κ1) is 14.9. The van der Waals surface area contributed by atoms with Crippen LogP contribution in [0.4, 0.5) is 0 Å². The summed E-state index contributed by atoms with van der Waals surface area (Å²) < 4.78 is 5.33. The Balaban J connectivity index is 1.97. The number of benzene rings is 1. The Morgan fingerprint density at radius 2 is 2.15 bits per heavy atom. The molecule has 4 heteroatoms. The molecule has 1 aliphatic rings. The van der Waals surface area contributed by atoms with Gasteiger partial charge in [-0.1, -0.05) is 24.6 Å². The summed E-state index contributed by atoms with van der Waals surface area (Å²) in [4.78, 5) is 12.2. The van der Waals surface area contributed by atoms with Crippen LogP contribution in [0.5, 0.6) is 5.75 Å². The Labute approximate surface area is 120 Å². The highest BCUT2D eigenvalue weighted by atomic mass is 16.5. The molecule has 0 spiro atoms. The molecule has 1 aromatic carbocycles. The SMILES string of the molecule is COc1ccccc1[C@@H](C)NC(=O)CC1(CN)CCC1. The molecule has 0 bridgehead atoms. The lowest BCUT2D eigenvalue weighted by Crippen LogP contribution is -2.42. The van der Waals surface area contributed by atoms with Gasteiger partial charge in [-0.05, 0) is 37.8 Å². The number of ether oxygens (including phenoxy) is 1. The number of para-hydroxylation sites is 1. The van der Waals surface area contributed by atoms with E-state index in [1.165, 1.54) is 6.42 Å². The maximum absolute atomic E-state index is 12.2. The standard InChI is InChI=1S/C16H24N2O2/c1-12(13-6-3-4-7-14(13)20-2)18-15(19)10-16(11-17)8-5-9-16/h3-4,6-7,12H,5,8-11,17H2,1-2H3,(H,18,19)/t12-/m1/s1. The van der Waals surface area contributed by atoms with E-state index >= 15 is 0 Å². The van der Waals surface area contributed by atoms with Crippen molar-refractivity contribution >= 4 is 5.91 Å². The molecule has 4 nitrogen and oxygen atoms in total. The number of nitrogens with one attached hydrogen (secondary N) is 1. The van der Waals surface area contributed by atoms with Gasteiger partial charge in [-0.3, -0.25) is 4.79 Å². The Kier molecular flexibility index (Phi) is 4.65. The van der Waals surface area contributed by atoms with E-state index in [0.29, 0.717) is 13.0 Å². The van der Waals surface area contributed by atoms with Gasteiger partial charge in [-0.15, -0.1) is 0 Å². The zero-order valence-electron chi connectivity index (χ0n) is 12.3. The number of carbonyl (C=O) groups excluding carboxylic acids is 1. The molecule has 0 saturated heterocycles. The molecule has 1 aromatic rings. The second-order valence-electron chi connectivity index (χ2n) is 5.77. The van der Waals surface area contributed by atoms with Gasteiger partial charge in [0, 0.05) is 12.0 Å². The molecule has 0 aliphatic heterocycles. The predicted octanol–water partition coefficient (Wildman–Crippen LogP) is 2.39. The Morgan fingerprint density at radius 1 is 1.45 bits per heavy atom. The van der Waals surface area contributed by atoms with Crippen LogP contribution >= 0.6 is 0 Å². The first-order chi connectivity index (χ1) is 9.60. The molecule has 0 radical (unpaired) electrons. The molecular formula is C16H24N2O2. The Morgan fingerprint density at radius 3 is 2.70 bits per heavy atom. The third-order valence-electron chi connectivity index (χ3n) is 4.37. The number of amides is 1. The largest absolute Gasteiger partial charge is 0.496 e. The lowest BCUT2D eigenvalue weighted by Gasteiger charge is -2.40. The summed E-state index contributed by atoms with van der Waals surface area (Å²) in [5, 5.41) is 3.05. The highest BCUT2D eigenvalue weighted by Crippen LogP contribution is 2.43. The smallest absolute Gasteiger partial charge is 0.221 e. The minimum Gasteiger partial charge on any atom is -0.496 e. The van der Waals surface area contributed by atoms with Gasteiger partial charge in [-0.2, -0.15) is 0 Å². The molecule has 1 fully saturated rings. The Bertz CT molecular complexity index is 464. The van der Waals surface area contributed by atoms with Gasteiger partial charge >= 0.3 is 0 Å². The zero-order valence-corrected chi connectivity index (χ0v) is 12.3. The topological polar surface area (TPSA) is 64.3 Å². The number of hydrogen-bond donors (Lipinski definition) is 2. The molecule has 3 N–H and O–H groups in total. The predicted molar refractivity (Wildman–Crippen MR) is 79.5 cm³/mol. The summed E-state index contributed by atoms with van der Waals surface area (Å²) in [5.74, 6) is 0.881. The van der Waals surface area contributed by atoms with Crippen LogP contribution in [-0.2, 0) is 4.79 Å². The second-order valence-corrected chi connectivity index (χ2v) is 5.77. The van der Waals surface area contributed by atoms with Crippen LogP contribution in [0.3, 0.4) is 0 Å². The number of methoxy groups -OCH3 is 1. The van der Waals surface area contributed by atoms with Crippen molar-refractivity contribution in [2.45, 2.75) is 38.6 Å². The molecule has 0 unspecified atom stereocenters. The molecule has 0 heterocycles. The number of nitrogens with two attached hydrogens (primary N) is 1. The van der Waals surface area contributed by atoms with Crippen molar-refractivity contribution in [3.8, 4) is 5.75 Å². The van der Waals surface area contributed by atoms with Crippen molar-refractivity contribution in [1.82, 2.24) is 5.32 Å². The van der Waals surface area contributed by atoms with Crippen LogP contribution in [-0.4, -0.2) is 19.6 Å². The molecule has 1 amide bonds. The highest BCUT2D eigenvalue weighted by Gasteiger charge is 2.37. The fourth-order valence-electron chi connectivity index (χ4n) is 2.86. The van der Waals surface area contributed by atoms with E-state index in [4.69, 9.17) is 10.5 Å². The molecular weight excluding hydrogens is 252 g/mol. The minimum atomic E-state index is -0.0615. The fourth-order valence-corrected chi connectivity index (χ4v) is 2.86. The lowest BCUT2D eigenvalue weighted by molar-refractivity contribution is -0.125. The van der Waals surface area contributed by atoms with Gasteiger partial charge in [0.1, 0.15) is 5.75 Å². The van der Waals surface area contributed by atoms with Crippen LogP contribution in [0.1, 0.15) is 44.2 Å². The molecule has 1 saturated carbocycles. The van der Waals surface area contributed by atoms with E-state index < -0.39 is 0 Å². The monoisotopic (exact) mass is 276 g/mol. The average Bonchev–Trinajstić information content (AvgIpc) is 2.42. The summed E-state index contributed by atoms with van der Waals surface area (Å²) in [6, 6.07) is 7.70. The summed E-state index contributed by atoms with van der Waals surface area (Å²) in [5.41, 5.74) is 6.85. The maximum atomic E-state index is 12.2. The summed E-state index contributed by atoms with van der Waals surface area (Å²) in [6.07, 6.45) is 3.86. The molecule has 110 valence electrons. The molecule has 2 rings (SSSR count). The quantitative estimate of drug-likeness (QED) is 0.838. The van der Waals surface area contributed by atoms with E-state index in [1.807, 2.05) is 31.2 Å². The van der Waals surface area contributed by atoms with Crippen molar-refractivity contribution in [3.63, 3.8) is 0 Å². The second kappa shape index (κ2) is 6.27. The molecule has 1 aliphatic carbocycles. The van der Waals surface area contributed by atoms with Crippen LogP contribution in [0.25, 0.3) is 0 Å². The Hall–Kier alpha value is -1.55. The molecule has 1 atom stereocenters. The summed E-state index contributed by atoms with van der Waals surface area (Å²) in [6.45, 7) is 2.58. The normalized spacial score (nSPS) is 17.9. The van der Waals surface area contributed by atoms with Crippen LogP contribution in [0, 0.1) is 5.41 Å².